The van der Waals surface area contributed by atoms with Crippen molar-refractivity contribution in [3.8, 4) is 0 Å². The zero-order chi connectivity index (χ0) is 11.8. The summed E-state index contributed by atoms with van der Waals surface area (Å²) < 4.78 is 37.3. The topological polar surface area (TPSA) is 33.1 Å². The van der Waals surface area contributed by atoms with Gasteiger partial charge in [0.15, 0.2) is 0 Å². The first-order chi connectivity index (χ1) is 7.52. The summed E-state index contributed by atoms with van der Waals surface area (Å²) in [6, 6.07) is 3.38. The molecule has 0 saturated carbocycles. The second-order valence-corrected chi connectivity index (χ2v) is 3.39. The number of aromatic nitrogens is 1. The molecule has 1 aromatic heterocycles. The summed E-state index contributed by atoms with van der Waals surface area (Å²) in [5.41, 5.74) is -0.192. The second-order valence-electron chi connectivity index (χ2n) is 3.39. The molecular weight excluding hydrogens is 219 g/mol. The van der Waals surface area contributed by atoms with Crippen molar-refractivity contribution < 1.29 is 18.3 Å². The van der Waals surface area contributed by atoms with Crippen LogP contribution in [0.2, 0.25) is 0 Å². The van der Waals surface area contributed by atoms with E-state index >= 15 is 0 Å². The number of hydrogen-bond acceptors (Lipinski definition) is 2. The zero-order valence-electron chi connectivity index (χ0n) is 8.12. The molecule has 5 heteroatoms. The summed E-state index contributed by atoms with van der Waals surface area (Å²) in [6.07, 6.45) is -1.57. The summed E-state index contributed by atoms with van der Waals surface area (Å²) in [4.78, 5) is 3.78. The van der Waals surface area contributed by atoms with Gasteiger partial charge in [0.2, 0.25) is 0 Å². The number of hydrogen-bond donors (Lipinski definition) is 1. The van der Waals surface area contributed by atoms with Crippen LogP contribution in [0.3, 0.4) is 0 Å². The number of pyridine rings is 1. The van der Waals surface area contributed by atoms with Crippen molar-refractivity contribution in [3.05, 3.63) is 41.7 Å². The summed E-state index contributed by atoms with van der Waals surface area (Å²) in [6.45, 7) is -0.240. The van der Waals surface area contributed by atoms with Crippen LogP contribution in [-0.2, 0) is 12.8 Å². The van der Waals surface area contributed by atoms with Crippen LogP contribution in [0.1, 0.15) is 11.1 Å². The predicted molar refractivity (Wildman–Crippen MR) is 52.7 cm³/mol. The smallest absolute Gasteiger partial charge is 0.392 e. The van der Waals surface area contributed by atoms with Gasteiger partial charge < -0.3 is 5.11 Å². The first-order valence-corrected chi connectivity index (χ1v) is 4.57. The molecule has 0 fully saturated rings. The zero-order valence-corrected chi connectivity index (χ0v) is 8.12. The highest BCUT2D eigenvalue weighted by Gasteiger charge is 2.30. The lowest BCUT2D eigenvalue weighted by Gasteiger charge is -2.08. The first-order valence-electron chi connectivity index (χ1n) is 4.57. The van der Waals surface area contributed by atoms with Crippen LogP contribution in [0.15, 0.2) is 30.6 Å². The number of fused-ring (bicyclic) bond motifs is 1. The SMILES string of the molecule is OCc1cncc2cc(C(F)(F)F)ccc12. The van der Waals surface area contributed by atoms with Crippen LogP contribution in [0.25, 0.3) is 10.8 Å². The van der Waals surface area contributed by atoms with Crippen molar-refractivity contribution in [3.63, 3.8) is 0 Å². The number of benzene rings is 1. The number of aliphatic hydroxyl groups excluding tert-OH is 1. The Morgan fingerprint density at radius 1 is 1.19 bits per heavy atom. The molecule has 16 heavy (non-hydrogen) atoms. The van der Waals surface area contributed by atoms with Gasteiger partial charge in [0.05, 0.1) is 12.2 Å². The van der Waals surface area contributed by atoms with Gasteiger partial charge in [0.25, 0.3) is 0 Å². The highest BCUT2D eigenvalue weighted by Crippen LogP contribution is 2.31. The number of rotatable bonds is 1. The van der Waals surface area contributed by atoms with Gasteiger partial charge in [0, 0.05) is 23.3 Å². The quantitative estimate of drug-likeness (QED) is 0.812. The second kappa shape index (κ2) is 3.75. The van der Waals surface area contributed by atoms with Crippen LogP contribution in [0, 0.1) is 0 Å². The largest absolute Gasteiger partial charge is 0.416 e. The molecule has 0 amide bonds. The summed E-state index contributed by atoms with van der Waals surface area (Å²) in [5.74, 6) is 0. The van der Waals surface area contributed by atoms with Gasteiger partial charge in [-0.3, -0.25) is 4.98 Å². The van der Waals surface area contributed by atoms with E-state index in [-0.39, 0.29) is 6.61 Å². The molecule has 0 saturated heterocycles. The van der Waals surface area contributed by atoms with E-state index in [1.54, 1.807) is 0 Å². The molecule has 0 radical (unpaired) electrons. The highest BCUT2D eigenvalue weighted by atomic mass is 19.4. The van der Waals surface area contributed by atoms with Gasteiger partial charge in [-0.2, -0.15) is 13.2 Å². The molecule has 1 aromatic carbocycles. The number of aliphatic hydroxyl groups is 1. The predicted octanol–water partition coefficient (Wildman–Crippen LogP) is 2.75. The molecule has 0 aliphatic rings. The van der Waals surface area contributed by atoms with E-state index in [0.29, 0.717) is 16.3 Å². The molecule has 0 bridgehead atoms. The molecule has 2 nitrogen and oxygen atoms in total. The van der Waals surface area contributed by atoms with E-state index in [0.717, 1.165) is 12.1 Å². The maximum Gasteiger partial charge on any atom is 0.416 e. The summed E-state index contributed by atoms with van der Waals surface area (Å²) in [7, 11) is 0. The fourth-order valence-corrected chi connectivity index (χ4v) is 1.54. The minimum Gasteiger partial charge on any atom is -0.392 e. The summed E-state index contributed by atoms with van der Waals surface area (Å²) in [5, 5.41) is 9.97. The first kappa shape index (κ1) is 10.9. The molecule has 0 atom stereocenters. The minimum atomic E-state index is -4.36. The van der Waals surface area contributed by atoms with Crippen LogP contribution in [0.4, 0.5) is 13.2 Å². The number of halogens is 3. The normalized spacial score (nSPS) is 12.0. The minimum absolute atomic E-state index is 0.240. The van der Waals surface area contributed by atoms with Crippen LogP contribution in [0.5, 0.6) is 0 Å². The van der Waals surface area contributed by atoms with E-state index in [1.807, 2.05) is 0 Å². The van der Waals surface area contributed by atoms with E-state index in [2.05, 4.69) is 4.98 Å². The van der Waals surface area contributed by atoms with Crippen molar-refractivity contribution in [2.24, 2.45) is 0 Å². The molecule has 0 aliphatic carbocycles. The Balaban J connectivity index is 2.64. The number of alkyl halides is 3. The number of nitrogens with zero attached hydrogens (tertiary/aromatic N) is 1. The Kier molecular flexibility index (Phi) is 2.55. The highest BCUT2D eigenvalue weighted by molar-refractivity contribution is 5.85. The average molecular weight is 227 g/mol. The van der Waals surface area contributed by atoms with Gasteiger partial charge in [0.1, 0.15) is 0 Å². The third-order valence-corrected chi connectivity index (χ3v) is 2.34. The van der Waals surface area contributed by atoms with Crippen LogP contribution in [-0.4, -0.2) is 10.1 Å². The molecule has 1 N–H and O–H groups in total. The van der Waals surface area contributed by atoms with Gasteiger partial charge in [-0.1, -0.05) is 6.07 Å². The lowest BCUT2D eigenvalue weighted by atomic mass is 10.1. The fourth-order valence-electron chi connectivity index (χ4n) is 1.54. The van der Waals surface area contributed by atoms with E-state index in [4.69, 9.17) is 5.11 Å². The Morgan fingerprint density at radius 2 is 1.94 bits per heavy atom. The van der Waals surface area contributed by atoms with Crippen molar-refractivity contribution in [2.75, 3.05) is 0 Å². The standard InChI is InChI=1S/C11H8F3NO/c12-11(13,14)9-1-2-10-7(3-9)4-15-5-8(10)6-16/h1-5,16H,6H2. The lowest BCUT2D eigenvalue weighted by molar-refractivity contribution is -0.137. The maximum absolute atomic E-state index is 12.4. The maximum atomic E-state index is 12.4. The molecule has 0 spiro atoms. The van der Waals surface area contributed by atoms with Crippen LogP contribution < -0.4 is 0 Å². The van der Waals surface area contributed by atoms with E-state index < -0.39 is 11.7 Å². The molecule has 2 aromatic rings. The average Bonchev–Trinajstić information content (AvgIpc) is 2.26. The monoisotopic (exact) mass is 227 g/mol. The Bertz CT molecular complexity index is 522. The van der Waals surface area contributed by atoms with Crippen LogP contribution >= 0.6 is 0 Å². The fraction of sp³-hybridized carbons (Fsp3) is 0.182. The third-order valence-electron chi connectivity index (χ3n) is 2.34. The van der Waals surface area contributed by atoms with Gasteiger partial charge in [-0.05, 0) is 17.5 Å². The lowest BCUT2D eigenvalue weighted by Crippen LogP contribution is -2.04. The van der Waals surface area contributed by atoms with Gasteiger partial charge in [-0.15, -0.1) is 0 Å². The van der Waals surface area contributed by atoms with Crippen molar-refractivity contribution in [2.45, 2.75) is 12.8 Å². The molecule has 0 aliphatic heterocycles. The Hall–Kier alpha value is -1.62. The summed E-state index contributed by atoms with van der Waals surface area (Å²) >= 11 is 0. The Labute approximate surface area is 89.4 Å². The molecule has 1 heterocycles. The molecule has 0 unspecified atom stereocenters. The molecular formula is C11H8F3NO. The van der Waals surface area contributed by atoms with E-state index in [1.165, 1.54) is 18.5 Å². The van der Waals surface area contributed by atoms with Crippen molar-refractivity contribution in [1.29, 1.82) is 0 Å². The van der Waals surface area contributed by atoms with E-state index in [9.17, 15) is 13.2 Å². The van der Waals surface area contributed by atoms with Gasteiger partial charge in [-0.25, -0.2) is 0 Å². The Morgan fingerprint density at radius 3 is 2.56 bits per heavy atom. The molecule has 2 rings (SSSR count). The van der Waals surface area contributed by atoms with Crippen molar-refractivity contribution >= 4 is 10.8 Å². The molecule has 84 valence electrons. The van der Waals surface area contributed by atoms with Crippen molar-refractivity contribution in [1.82, 2.24) is 4.98 Å². The third kappa shape index (κ3) is 1.86. The van der Waals surface area contributed by atoms with Gasteiger partial charge >= 0.3 is 6.18 Å².